The molecule has 1 aromatic rings. The zero-order valence-electron chi connectivity index (χ0n) is 9.39. The summed E-state index contributed by atoms with van der Waals surface area (Å²) in [6.07, 6.45) is 0.704. The van der Waals surface area contributed by atoms with E-state index in [1.807, 2.05) is 0 Å². The standard InChI is InChI=1S/C11H13NO3S/c1-12(2)11(16)15-10-5-4-9(14-3)6-8(10)7-13/h4-7H,1-3H3. The molecule has 0 aromatic heterocycles. The van der Waals surface area contributed by atoms with Gasteiger partial charge in [0.2, 0.25) is 0 Å². The highest BCUT2D eigenvalue weighted by Gasteiger charge is 2.08. The molecule has 4 nitrogen and oxygen atoms in total. The van der Waals surface area contributed by atoms with Crippen molar-refractivity contribution >= 4 is 23.7 Å². The van der Waals surface area contributed by atoms with Crippen molar-refractivity contribution < 1.29 is 14.3 Å². The fourth-order valence-electron chi connectivity index (χ4n) is 1.02. The van der Waals surface area contributed by atoms with Crippen molar-refractivity contribution in [3.8, 4) is 11.5 Å². The van der Waals surface area contributed by atoms with E-state index in [-0.39, 0.29) is 0 Å². The fourth-order valence-corrected chi connectivity index (χ4v) is 1.11. The van der Waals surface area contributed by atoms with Crippen molar-refractivity contribution in [2.75, 3.05) is 21.2 Å². The number of hydrogen-bond acceptors (Lipinski definition) is 4. The quantitative estimate of drug-likeness (QED) is 0.593. The van der Waals surface area contributed by atoms with Crippen LogP contribution in [0.1, 0.15) is 10.4 Å². The van der Waals surface area contributed by atoms with Crippen LogP contribution in [-0.4, -0.2) is 37.6 Å². The number of thiocarbonyl (C=S) groups is 1. The second kappa shape index (κ2) is 5.46. The van der Waals surface area contributed by atoms with Gasteiger partial charge >= 0.3 is 0 Å². The van der Waals surface area contributed by atoms with E-state index in [4.69, 9.17) is 21.7 Å². The minimum atomic E-state index is 0.299. The van der Waals surface area contributed by atoms with Crippen LogP contribution in [0.15, 0.2) is 18.2 Å². The molecule has 0 radical (unpaired) electrons. The molecule has 0 unspecified atom stereocenters. The normalized spacial score (nSPS) is 9.44. The molecule has 5 heteroatoms. The molecular formula is C11H13NO3S. The molecule has 16 heavy (non-hydrogen) atoms. The molecule has 0 aliphatic carbocycles. The fraction of sp³-hybridized carbons (Fsp3) is 0.273. The van der Waals surface area contributed by atoms with Crippen molar-refractivity contribution in [2.24, 2.45) is 0 Å². The van der Waals surface area contributed by atoms with Crippen molar-refractivity contribution in [3.63, 3.8) is 0 Å². The number of carbonyl (C=O) groups excluding carboxylic acids is 1. The molecule has 0 aliphatic heterocycles. The lowest BCUT2D eigenvalue weighted by molar-refractivity contribution is 0.112. The van der Waals surface area contributed by atoms with Gasteiger partial charge in [-0.3, -0.25) is 4.79 Å². The number of nitrogens with zero attached hydrogens (tertiary/aromatic N) is 1. The van der Waals surface area contributed by atoms with Gasteiger partial charge in [-0.25, -0.2) is 0 Å². The molecule has 0 heterocycles. The Balaban J connectivity index is 2.96. The van der Waals surface area contributed by atoms with E-state index < -0.39 is 0 Å². The molecule has 0 saturated heterocycles. The summed E-state index contributed by atoms with van der Waals surface area (Å²) in [5, 5.41) is 0.299. The smallest absolute Gasteiger partial charge is 0.264 e. The van der Waals surface area contributed by atoms with Gasteiger partial charge in [0.15, 0.2) is 6.29 Å². The Labute approximate surface area is 99.8 Å². The Morgan fingerprint density at radius 1 is 1.44 bits per heavy atom. The third-order valence-electron chi connectivity index (χ3n) is 1.91. The van der Waals surface area contributed by atoms with Gasteiger partial charge < -0.3 is 14.4 Å². The molecule has 0 fully saturated rings. The minimum absolute atomic E-state index is 0.299. The van der Waals surface area contributed by atoms with Crippen LogP contribution in [0.3, 0.4) is 0 Å². The topological polar surface area (TPSA) is 38.8 Å². The molecule has 86 valence electrons. The first-order valence-corrected chi connectivity index (χ1v) is 5.01. The summed E-state index contributed by atoms with van der Waals surface area (Å²) in [5.41, 5.74) is 0.406. The lowest BCUT2D eigenvalue weighted by Crippen LogP contribution is -2.25. The van der Waals surface area contributed by atoms with E-state index in [9.17, 15) is 4.79 Å². The highest BCUT2D eigenvalue weighted by atomic mass is 32.1. The van der Waals surface area contributed by atoms with Crippen LogP contribution < -0.4 is 9.47 Å². The summed E-state index contributed by atoms with van der Waals surface area (Å²) < 4.78 is 10.4. The minimum Gasteiger partial charge on any atom is -0.497 e. The van der Waals surface area contributed by atoms with Crippen LogP contribution in [0.5, 0.6) is 11.5 Å². The Kier molecular flexibility index (Phi) is 4.25. The number of methoxy groups -OCH3 is 1. The molecule has 0 bridgehead atoms. The number of carbonyl (C=O) groups is 1. The molecule has 0 spiro atoms. The van der Waals surface area contributed by atoms with E-state index in [2.05, 4.69) is 0 Å². The molecule has 0 aliphatic rings. The first-order chi connectivity index (χ1) is 7.58. The maximum atomic E-state index is 10.9. The number of ether oxygens (including phenoxy) is 2. The van der Waals surface area contributed by atoms with Gasteiger partial charge in [-0.2, -0.15) is 0 Å². The summed E-state index contributed by atoms with van der Waals surface area (Å²) in [7, 11) is 5.08. The van der Waals surface area contributed by atoms with Crippen molar-refractivity contribution in [2.45, 2.75) is 0 Å². The van der Waals surface area contributed by atoms with Gasteiger partial charge in [-0.1, -0.05) is 0 Å². The van der Waals surface area contributed by atoms with E-state index in [1.165, 1.54) is 7.11 Å². The monoisotopic (exact) mass is 239 g/mol. The number of aldehydes is 1. The highest BCUT2D eigenvalue weighted by molar-refractivity contribution is 7.80. The van der Waals surface area contributed by atoms with Gasteiger partial charge in [0.05, 0.1) is 12.7 Å². The maximum Gasteiger partial charge on any atom is 0.264 e. The molecule has 0 saturated carbocycles. The summed E-state index contributed by atoms with van der Waals surface area (Å²) >= 11 is 4.99. The Morgan fingerprint density at radius 3 is 2.62 bits per heavy atom. The molecule has 0 N–H and O–H groups in total. The van der Waals surface area contributed by atoms with Gasteiger partial charge in [0.1, 0.15) is 11.5 Å². The Hall–Kier alpha value is -1.62. The van der Waals surface area contributed by atoms with Crippen molar-refractivity contribution in [1.29, 1.82) is 0 Å². The average Bonchev–Trinajstić information content (AvgIpc) is 2.29. The van der Waals surface area contributed by atoms with Crippen LogP contribution >= 0.6 is 12.2 Å². The molecule has 0 atom stereocenters. The van der Waals surface area contributed by atoms with Crippen LogP contribution in [0.25, 0.3) is 0 Å². The van der Waals surface area contributed by atoms with E-state index >= 15 is 0 Å². The van der Waals surface area contributed by atoms with E-state index in [0.29, 0.717) is 28.5 Å². The number of rotatable bonds is 3. The van der Waals surface area contributed by atoms with Gasteiger partial charge in [-0.15, -0.1) is 0 Å². The lowest BCUT2D eigenvalue weighted by Gasteiger charge is -2.15. The van der Waals surface area contributed by atoms with Gasteiger partial charge in [-0.05, 0) is 30.4 Å². The average molecular weight is 239 g/mol. The lowest BCUT2D eigenvalue weighted by atomic mass is 10.2. The zero-order chi connectivity index (χ0) is 12.1. The second-order valence-corrected chi connectivity index (χ2v) is 3.63. The first kappa shape index (κ1) is 12.4. The summed E-state index contributed by atoms with van der Waals surface area (Å²) in [5.74, 6) is 1.03. The van der Waals surface area contributed by atoms with Crippen molar-refractivity contribution in [3.05, 3.63) is 23.8 Å². The van der Waals surface area contributed by atoms with Gasteiger partial charge in [0, 0.05) is 14.1 Å². The van der Waals surface area contributed by atoms with Crippen LogP contribution in [-0.2, 0) is 0 Å². The third-order valence-corrected chi connectivity index (χ3v) is 2.35. The summed E-state index contributed by atoms with van der Waals surface area (Å²) in [6.45, 7) is 0. The maximum absolute atomic E-state index is 10.9. The summed E-state index contributed by atoms with van der Waals surface area (Å²) in [6, 6.07) is 4.96. The first-order valence-electron chi connectivity index (χ1n) is 4.61. The SMILES string of the molecule is COc1ccc(OC(=S)N(C)C)c(C=O)c1. The zero-order valence-corrected chi connectivity index (χ0v) is 10.2. The molecule has 1 rings (SSSR count). The summed E-state index contributed by atoms with van der Waals surface area (Å²) in [4.78, 5) is 12.5. The third kappa shape index (κ3) is 2.93. The second-order valence-electron chi connectivity index (χ2n) is 3.28. The molecule has 1 aromatic carbocycles. The van der Waals surface area contributed by atoms with Crippen LogP contribution in [0, 0.1) is 0 Å². The van der Waals surface area contributed by atoms with Crippen LogP contribution in [0.4, 0.5) is 0 Å². The Bertz CT molecular complexity index is 404. The predicted molar refractivity (Wildman–Crippen MR) is 65.3 cm³/mol. The predicted octanol–water partition coefficient (Wildman–Crippen LogP) is 1.73. The molecule has 0 amide bonds. The molecular weight excluding hydrogens is 226 g/mol. The largest absolute Gasteiger partial charge is 0.497 e. The van der Waals surface area contributed by atoms with E-state index in [1.54, 1.807) is 37.2 Å². The Morgan fingerprint density at radius 2 is 2.12 bits per heavy atom. The number of hydrogen-bond donors (Lipinski definition) is 0. The number of benzene rings is 1. The van der Waals surface area contributed by atoms with Crippen LogP contribution in [0.2, 0.25) is 0 Å². The highest BCUT2D eigenvalue weighted by Crippen LogP contribution is 2.23. The van der Waals surface area contributed by atoms with Gasteiger partial charge in [0.25, 0.3) is 5.17 Å². The van der Waals surface area contributed by atoms with Crippen molar-refractivity contribution in [1.82, 2.24) is 4.90 Å². The van der Waals surface area contributed by atoms with E-state index in [0.717, 1.165) is 0 Å².